The molecule has 0 bridgehead atoms. The average molecular weight is 318 g/mol. The number of benzene rings is 1. The van der Waals surface area contributed by atoms with Crippen molar-refractivity contribution in [2.45, 2.75) is 25.8 Å². The van der Waals surface area contributed by atoms with E-state index in [4.69, 9.17) is 11.6 Å². The lowest BCUT2D eigenvalue weighted by Crippen LogP contribution is -2.28. The topological polar surface area (TPSA) is 44.4 Å². The summed E-state index contributed by atoms with van der Waals surface area (Å²) in [5.41, 5.74) is 1.86. The second-order valence-corrected chi connectivity index (χ2v) is 5.45. The van der Waals surface area contributed by atoms with Gasteiger partial charge in [0.25, 0.3) is 6.43 Å². The number of halogens is 3. The number of hydrogen-bond donors (Lipinski definition) is 2. The van der Waals surface area contributed by atoms with Crippen LogP contribution in [0, 0.1) is 0 Å². The molecule has 0 saturated heterocycles. The summed E-state index contributed by atoms with van der Waals surface area (Å²) in [7, 11) is 1.54. The summed E-state index contributed by atoms with van der Waals surface area (Å²) in [6.07, 6.45) is -1.55. The zero-order chi connectivity index (χ0) is 15.6. The molecule has 0 aromatic heterocycles. The molecule has 116 valence electrons. The molecule has 0 fully saturated rings. The molecule has 1 unspecified atom stereocenters. The fourth-order valence-electron chi connectivity index (χ4n) is 2.36. The van der Waals surface area contributed by atoms with Gasteiger partial charge in [0, 0.05) is 18.3 Å². The molecule has 4 nitrogen and oxygen atoms in total. The molecule has 0 aliphatic carbocycles. The van der Waals surface area contributed by atoms with Gasteiger partial charge in [-0.05, 0) is 25.1 Å². The SMILES string of the molecule is CCCNC1C(=O)Nc2cc(N(C)CC(F)F)c(Cl)cc21. The molecular formula is C14H18ClF2N3O. The number of alkyl halides is 2. The Kier molecular flexibility index (Phi) is 5.00. The Labute approximate surface area is 127 Å². The minimum Gasteiger partial charge on any atom is -0.368 e. The van der Waals surface area contributed by atoms with Crippen LogP contribution in [0.15, 0.2) is 12.1 Å². The minimum absolute atomic E-state index is 0.150. The van der Waals surface area contributed by atoms with Gasteiger partial charge in [-0.2, -0.15) is 0 Å². The molecule has 0 radical (unpaired) electrons. The van der Waals surface area contributed by atoms with Gasteiger partial charge in [-0.25, -0.2) is 8.78 Å². The van der Waals surface area contributed by atoms with E-state index in [1.54, 1.807) is 19.2 Å². The quantitative estimate of drug-likeness (QED) is 0.847. The van der Waals surface area contributed by atoms with E-state index in [9.17, 15) is 13.6 Å². The number of amides is 1. The van der Waals surface area contributed by atoms with Gasteiger partial charge in [0.1, 0.15) is 6.04 Å². The van der Waals surface area contributed by atoms with Crippen LogP contribution in [0.1, 0.15) is 24.9 Å². The highest BCUT2D eigenvalue weighted by atomic mass is 35.5. The number of carbonyl (C=O) groups excluding carboxylic acids is 1. The van der Waals surface area contributed by atoms with Crippen LogP contribution < -0.4 is 15.5 Å². The largest absolute Gasteiger partial charge is 0.368 e. The highest BCUT2D eigenvalue weighted by molar-refractivity contribution is 6.33. The summed E-state index contributed by atoms with van der Waals surface area (Å²) >= 11 is 6.18. The van der Waals surface area contributed by atoms with Crippen LogP contribution in [-0.4, -0.2) is 32.5 Å². The Hall–Kier alpha value is -1.40. The van der Waals surface area contributed by atoms with E-state index in [0.29, 0.717) is 22.9 Å². The van der Waals surface area contributed by atoms with E-state index in [0.717, 1.165) is 12.0 Å². The Morgan fingerprint density at radius 1 is 1.48 bits per heavy atom. The maximum absolute atomic E-state index is 12.5. The molecule has 2 rings (SSSR count). The maximum atomic E-state index is 12.5. The predicted molar refractivity (Wildman–Crippen MR) is 80.4 cm³/mol. The van der Waals surface area contributed by atoms with Crippen LogP contribution in [0.5, 0.6) is 0 Å². The first-order valence-corrected chi connectivity index (χ1v) is 7.18. The average Bonchev–Trinajstić information content (AvgIpc) is 2.69. The zero-order valence-electron chi connectivity index (χ0n) is 11.9. The van der Waals surface area contributed by atoms with E-state index in [1.807, 2.05) is 6.92 Å². The van der Waals surface area contributed by atoms with Gasteiger partial charge in [-0.3, -0.25) is 4.79 Å². The monoisotopic (exact) mass is 317 g/mol. The normalized spacial score (nSPS) is 17.0. The summed E-state index contributed by atoms with van der Waals surface area (Å²) in [4.78, 5) is 13.3. The zero-order valence-corrected chi connectivity index (χ0v) is 12.7. The van der Waals surface area contributed by atoms with Gasteiger partial charge in [0.15, 0.2) is 0 Å². The van der Waals surface area contributed by atoms with Gasteiger partial charge in [0.2, 0.25) is 5.91 Å². The molecule has 1 heterocycles. The van der Waals surface area contributed by atoms with Crippen molar-refractivity contribution in [2.24, 2.45) is 0 Å². The van der Waals surface area contributed by atoms with Crippen molar-refractivity contribution in [1.82, 2.24) is 5.32 Å². The molecule has 0 saturated carbocycles. The van der Waals surface area contributed by atoms with E-state index in [-0.39, 0.29) is 5.91 Å². The summed E-state index contributed by atoms with van der Waals surface area (Å²) in [5, 5.41) is 6.26. The van der Waals surface area contributed by atoms with Crippen LogP contribution in [0.2, 0.25) is 5.02 Å². The van der Waals surface area contributed by atoms with E-state index < -0.39 is 19.0 Å². The van der Waals surface area contributed by atoms with Gasteiger partial charge in [-0.1, -0.05) is 18.5 Å². The lowest BCUT2D eigenvalue weighted by atomic mass is 10.1. The first-order valence-electron chi connectivity index (χ1n) is 6.81. The number of nitrogens with zero attached hydrogens (tertiary/aromatic N) is 1. The molecule has 0 spiro atoms. The third-order valence-corrected chi connectivity index (χ3v) is 3.67. The fourth-order valence-corrected chi connectivity index (χ4v) is 2.68. The molecule has 2 N–H and O–H groups in total. The van der Waals surface area contributed by atoms with Gasteiger partial charge < -0.3 is 15.5 Å². The predicted octanol–water partition coefficient (Wildman–Crippen LogP) is 3.03. The molecule has 1 atom stereocenters. The highest BCUT2D eigenvalue weighted by Gasteiger charge is 2.31. The molecule has 1 aliphatic heterocycles. The Morgan fingerprint density at radius 2 is 2.19 bits per heavy atom. The number of carbonyl (C=O) groups is 1. The standard InChI is InChI=1S/C14H18ClF2N3O/c1-3-4-18-13-8-5-9(15)11(20(2)7-12(16)17)6-10(8)19-14(13)21/h5-6,12-13,18H,3-4,7H2,1-2H3,(H,19,21). The fraction of sp³-hybridized carbons (Fsp3) is 0.500. The second kappa shape index (κ2) is 6.58. The minimum atomic E-state index is -2.45. The van der Waals surface area contributed by atoms with Crippen molar-refractivity contribution < 1.29 is 13.6 Å². The van der Waals surface area contributed by atoms with Crippen LogP contribution in [0.4, 0.5) is 20.2 Å². The van der Waals surface area contributed by atoms with Gasteiger partial charge in [-0.15, -0.1) is 0 Å². The van der Waals surface area contributed by atoms with Crippen molar-refractivity contribution in [2.75, 3.05) is 30.4 Å². The summed E-state index contributed by atoms with van der Waals surface area (Å²) in [6.45, 7) is 2.31. The summed E-state index contributed by atoms with van der Waals surface area (Å²) in [6, 6.07) is 2.87. The summed E-state index contributed by atoms with van der Waals surface area (Å²) < 4.78 is 25.0. The van der Waals surface area contributed by atoms with Crippen LogP contribution in [0.25, 0.3) is 0 Å². The first-order chi connectivity index (χ1) is 9.93. The summed E-state index contributed by atoms with van der Waals surface area (Å²) in [5.74, 6) is -0.150. The third-order valence-electron chi connectivity index (χ3n) is 3.37. The third kappa shape index (κ3) is 3.44. The molecule has 21 heavy (non-hydrogen) atoms. The molecule has 1 amide bonds. The molecule has 7 heteroatoms. The maximum Gasteiger partial charge on any atom is 0.255 e. The van der Waals surface area contributed by atoms with Crippen molar-refractivity contribution in [1.29, 1.82) is 0 Å². The van der Waals surface area contributed by atoms with Crippen LogP contribution >= 0.6 is 11.6 Å². The Bertz CT molecular complexity index is 539. The van der Waals surface area contributed by atoms with Crippen molar-refractivity contribution in [3.8, 4) is 0 Å². The van der Waals surface area contributed by atoms with Crippen molar-refractivity contribution >= 4 is 28.9 Å². The van der Waals surface area contributed by atoms with Gasteiger partial charge in [0.05, 0.1) is 17.3 Å². The lowest BCUT2D eigenvalue weighted by molar-refractivity contribution is -0.117. The van der Waals surface area contributed by atoms with Crippen LogP contribution in [0.3, 0.4) is 0 Å². The lowest BCUT2D eigenvalue weighted by Gasteiger charge is -2.21. The van der Waals surface area contributed by atoms with Crippen LogP contribution in [-0.2, 0) is 4.79 Å². The Balaban J connectivity index is 2.28. The highest BCUT2D eigenvalue weighted by Crippen LogP contribution is 2.38. The number of anilines is 2. The van der Waals surface area contributed by atoms with Gasteiger partial charge >= 0.3 is 0 Å². The van der Waals surface area contributed by atoms with E-state index in [2.05, 4.69) is 10.6 Å². The number of fused-ring (bicyclic) bond motifs is 1. The number of rotatable bonds is 6. The number of nitrogens with one attached hydrogen (secondary N) is 2. The first kappa shape index (κ1) is 16.0. The van der Waals surface area contributed by atoms with Crippen molar-refractivity contribution in [3.05, 3.63) is 22.7 Å². The van der Waals surface area contributed by atoms with E-state index in [1.165, 1.54) is 4.90 Å². The molecule has 1 aliphatic rings. The second-order valence-electron chi connectivity index (χ2n) is 5.04. The van der Waals surface area contributed by atoms with E-state index >= 15 is 0 Å². The smallest absolute Gasteiger partial charge is 0.255 e. The molecule has 1 aromatic rings. The molecular weight excluding hydrogens is 300 g/mol. The number of hydrogen-bond acceptors (Lipinski definition) is 3. The van der Waals surface area contributed by atoms with Crippen molar-refractivity contribution in [3.63, 3.8) is 0 Å². The Morgan fingerprint density at radius 3 is 2.81 bits per heavy atom. The molecule has 1 aromatic carbocycles.